The summed E-state index contributed by atoms with van der Waals surface area (Å²) in [7, 11) is 1.70. The van der Waals surface area contributed by atoms with Crippen LogP contribution in [0.25, 0.3) is 0 Å². The Bertz CT molecular complexity index is 317. The Balaban J connectivity index is 2.42. The summed E-state index contributed by atoms with van der Waals surface area (Å²) in [4.78, 5) is 0. The van der Waals surface area contributed by atoms with Crippen molar-refractivity contribution in [2.45, 2.75) is 32.2 Å². The molecular weight excluding hydrogens is 217 g/mol. The SMILES string of the molecule is CCCNC(CCc1ccccc1F)COC. The van der Waals surface area contributed by atoms with Gasteiger partial charge in [0.15, 0.2) is 0 Å². The molecule has 0 fully saturated rings. The predicted molar refractivity (Wildman–Crippen MR) is 68.7 cm³/mol. The summed E-state index contributed by atoms with van der Waals surface area (Å²) in [5.74, 6) is -0.112. The van der Waals surface area contributed by atoms with Crippen LogP contribution in [-0.4, -0.2) is 26.3 Å². The molecule has 1 aromatic carbocycles. The van der Waals surface area contributed by atoms with Crippen LogP contribution in [-0.2, 0) is 11.2 Å². The van der Waals surface area contributed by atoms with Crippen LogP contribution in [0.1, 0.15) is 25.3 Å². The maximum absolute atomic E-state index is 13.4. The number of methoxy groups -OCH3 is 1. The number of halogens is 1. The number of ether oxygens (including phenoxy) is 1. The van der Waals surface area contributed by atoms with E-state index in [0.29, 0.717) is 12.6 Å². The van der Waals surface area contributed by atoms with Gasteiger partial charge in [0.25, 0.3) is 0 Å². The first kappa shape index (κ1) is 14.1. The van der Waals surface area contributed by atoms with Crippen molar-refractivity contribution in [1.29, 1.82) is 0 Å². The molecule has 17 heavy (non-hydrogen) atoms. The van der Waals surface area contributed by atoms with Crippen LogP contribution in [0.15, 0.2) is 24.3 Å². The lowest BCUT2D eigenvalue weighted by Crippen LogP contribution is -2.34. The molecule has 0 saturated heterocycles. The normalized spacial score (nSPS) is 12.6. The fourth-order valence-electron chi connectivity index (χ4n) is 1.82. The molecule has 0 amide bonds. The van der Waals surface area contributed by atoms with E-state index >= 15 is 0 Å². The highest BCUT2D eigenvalue weighted by molar-refractivity contribution is 5.17. The van der Waals surface area contributed by atoms with Gasteiger partial charge < -0.3 is 10.1 Å². The van der Waals surface area contributed by atoms with Crippen molar-refractivity contribution in [2.24, 2.45) is 0 Å². The molecule has 1 aromatic rings. The Kier molecular flexibility index (Phi) is 6.82. The van der Waals surface area contributed by atoms with E-state index in [2.05, 4.69) is 12.2 Å². The van der Waals surface area contributed by atoms with Crippen LogP contribution in [0.4, 0.5) is 4.39 Å². The van der Waals surface area contributed by atoms with Crippen molar-refractivity contribution in [3.8, 4) is 0 Å². The first-order valence-electron chi connectivity index (χ1n) is 6.23. The number of aryl methyl sites for hydroxylation is 1. The lowest BCUT2D eigenvalue weighted by atomic mass is 10.0. The fourth-order valence-corrected chi connectivity index (χ4v) is 1.82. The summed E-state index contributed by atoms with van der Waals surface area (Å²) in [5, 5.41) is 3.41. The zero-order valence-corrected chi connectivity index (χ0v) is 10.7. The Morgan fingerprint density at radius 3 is 2.76 bits per heavy atom. The summed E-state index contributed by atoms with van der Waals surface area (Å²) in [6, 6.07) is 7.27. The van der Waals surface area contributed by atoms with Crippen molar-refractivity contribution in [3.05, 3.63) is 35.6 Å². The number of hydrogen-bond acceptors (Lipinski definition) is 2. The summed E-state index contributed by atoms with van der Waals surface area (Å²) in [5.41, 5.74) is 0.784. The average molecular weight is 239 g/mol. The van der Waals surface area contributed by atoms with Gasteiger partial charge in [0.1, 0.15) is 5.82 Å². The van der Waals surface area contributed by atoms with Crippen LogP contribution in [0.2, 0.25) is 0 Å². The van der Waals surface area contributed by atoms with Gasteiger partial charge in [-0.2, -0.15) is 0 Å². The number of rotatable bonds is 8. The molecule has 0 heterocycles. The molecule has 0 radical (unpaired) electrons. The fraction of sp³-hybridized carbons (Fsp3) is 0.571. The monoisotopic (exact) mass is 239 g/mol. The van der Waals surface area contributed by atoms with E-state index in [-0.39, 0.29) is 5.82 Å². The van der Waals surface area contributed by atoms with E-state index in [1.54, 1.807) is 13.2 Å². The Morgan fingerprint density at radius 1 is 1.35 bits per heavy atom. The van der Waals surface area contributed by atoms with Crippen LogP contribution >= 0.6 is 0 Å². The smallest absolute Gasteiger partial charge is 0.126 e. The molecule has 3 heteroatoms. The molecule has 0 saturated carbocycles. The molecule has 1 atom stereocenters. The lowest BCUT2D eigenvalue weighted by Gasteiger charge is -2.17. The van der Waals surface area contributed by atoms with Gasteiger partial charge in [0.2, 0.25) is 0 Å². The number of benzene rings is 1. The zero-order valence-electron chi connectivity index (χ0n) is 10.7. The van der Waals surface area contributed by atoms with Crippen LogP contribution in [0, 0.1) is 5.82 Å². The summed E-state index contributed by atoms with van der Waals surface area (Å²) in [6.07, 6.45) is 2.74. The first-order valence-corrected chi connectivity index (χ1v) is 6.23. The Morgan fingerprint density at radius 2 is 2.12 bits per heavy atom. The molecular formula is C14H22FNO. The molecule has 0 aromatic heterocycles. The lowest BCUT2D eigenvalue weighted by molar-refractivity contribution is 0.162. The minimum absolute atomic E-state index is 0.112. The van der Waals surface area contributed by atoms with E-state index in [0.717, 1.165) is 31.4 Å². The predicted octanol–water partition coefficient (Wildman–Crippen LogP) is 2.77. The van der Waals surface area contributed by atoms with Crippen molar-refractivity contribution in [2.75, 3.05) is 20.3 Å². The van der Waals surface area contributed by atoms with Crippen LogP contribution in [0.3, 0.4) is 0 Å². The quantitative estimate of drug-likeness (QED) is 0.753. The third kappa shape index (κ3) is 5.29. The van der Waals surface area contributed by atoms with E-state index in [1.165, 1.54) is 6.07 Å². The van der Waals surface area contributed by atoms with Gasteiger partial charge in [-0.15, -0.1) is 0 Å². The second kappa shape index (κ2) is 8.20. The summed E-state index contributed by atoms with van der Waals surface area (Å²) >= 11 is 0. The molecule has 0 aliphatic carbocycles. The van der Waals surface area contributed by atoms with Gasteiger partial charge in [-0.05, 0) is 37.4 Å². The highest BCUT2D eigenvalue weighted by atomic mass is 19.1. The van der Waals surface area contributed by atoms with E-state index < -0.39 is 0 Å². The van der Waals surface area contributed by atoms with Crippen molar-refractivity contribution >= 4 is 0 Å². The number of hydrogen-bond donors (Lipinski definition) is 1. The summed E-state index contributed by atoms with van der Waals surface area (Å²) in [6.45, 7) is 3.79. The largest absolute Gasteiger partial charge is 0.383 e. The van der Waals surface area contributed by atoms with Crippen LogP contribution < -0.4 is 5.32 Å². The van der Waals surface area contributed by atoms with Crippen molar-refractivity contribution in [1.82, 2.24) is 5.32 Å². The van der Waals surface area contributed by atoms with Crippen molar-refractivity contribution < 1.29 is 9.13 Å². The number of nitrogens with one attached hydrogen (secondary N) is 1. The molecule has 0 spiro atoms. The topological polar surface area (TPSA) is 21.3 Å². The molecule has 1 rings (SSSR count). The first-order chi connectivity index (χ1) is 8.27. The standard InChI is InChI=1S/C14H22FNO/c1-3-10-16-13(11-17-2)9-8-12-6-4-5-7-14(12)15/h4-7,13,16H,3,8-11H2,1-2H3. The molecule has 0 aliphatic heterocycles. The molecule has 1 unspecified atom stereocenters. The van der Waals surface area contributed by atoms with Gasteiger partial charge in [0.05, 0.1) is 6.61 Å². The minimum Gasteiger partial charge on any atom is -0.383 e. The zero-order chi connectivity index (χ0) is 12.5. The molecule has 0 aliphatic rings. The van der Waals surface area contributed by atoms with Crippen LogP contribution in [0.5, 0.6) is 0 Å². The highest BCUT2D eigenvalue weighted by Crippen LogP contribution is 2.10. The molecule has 1 N–H and O–H groups in total. The summed E-state index contributed by atoms with van der Waals surface area (Å²) < 4.78 is 18.6. The van der Waals surface area contributed by atoms with Gasteiger partial charge in [-0.3, -0.25) is 0 Å². The highest BCUT2D eigenvalue weighted by Gasteiger charge is 2.09. The van der Waals surface area contributed by atoms with Crippen molar-refractivity contribution in [3.63, 3.8) is 0 Å². The molecule has 2 nitrogen and oxygen atoms in total. The van der Waals surface area contributed by atoms with Gasteiger partial charge in [-0.25, -0.2) is 4.39 Å². The maximum atomic E-state index is 13.4. The average Bonchev–Trinajstić information content (AvgIpc) is 2.34. The van der Waals surface area contributed by atoms with Gasteiger partial charge >= 0.3 is 0 Å². The Labute approximate surface area is 103 Å². The molecule has 96 valence electrons. The second-order valence-electron chi connectivity index (χ2n) is 4.24. The van der Waals surface area contributed by atoms with E-state index in [9.17, 15) is 4.39 Å². The maximum Gasteiger partial charge on any atom is 0.126 e. The third-order valence-electron chi connectivity index (χ3n) is 2.77. The second-order valence-corrected chi connectivity index (χ2v) is 4.24. The van der Waals surface area contributed by atoms with E-state index in [1.807, 2.05) is 12.1 Å². The minimum atomic E-state index is -0.112. The van der Waals surface area contributed by atoms with Gasteiger partial charge in [0, 0.05) is 13.2 Å². The molecule has 0 bridgehead atoms. The van der Waals surface area contributed by atoms with E-state index in [4.69, 9.17) is 4.74 Å². The third-order valence-corrected chi connectivity index (χ3v) is 2.77. The van der Waals surface area contributed by atoms with Gasteiger partial charge in [-0.1, -0.05) is 25.1 Å². The Hall–Kier alpha value is -0.930.